The van der Waals surface area contributed by atoms with Gasteiger partial charge in [-0.2, -0.15) is 0 Å². The second-order valence-electron chi connectivity index (χ2n) is 13.7. The van der Waals surface area contributed by atoms with Gasteiger partial charge in [-0.1, -0.05) is 24.3 Å². The minimum absolute atomic E-state index is 0.0234. The molecule has 0 bridgehead atoms. The third kappa shape index (κ3) is 7.01. The number of nitrogens with two attached hydrogens (primary N) is 1. The number of likely N-dealkylation sites (tertiary alicyclic amines) is 1. The Morgan fingerprint density at radius 1 is 0.896 bits per heavy atom. The third-order valence-electron chi connectivity index (χ3n) is 10.6. The number of hydrogen-bond acceptors (Lipinski definition) is 5. The SMILES string of the molecule is CN(C(=O)c1ccc(C2CCN(Cc3cc4c(Br)ccnc4n3C)CC2)cc1)c1ccc(CC2CCN(c3ccc(N)cc3)CC2)cc1. The minimum Gasteiger partial charge on any atom is -0.399 e. The van der Waals surface area contributed by atoms with E-state index in [9.17, 15) is 4.79 Å². The molecule has 2 aromatic heterocycles. The topological polar surface area (TPSA) is 70.6 Å². The summed E-state index contributed by atoms with van der Waals surface area (Å²) in [5, 5.41) is 1.17. The number of rotatable bonds is 8. The van der Waals surface area contributed by atoms with Crippen molar-refractivity contribution in [2.45, 2.75) is 44.6 Å². The quantitative estimate of drug-likeness (QED) is 0.166. The van der Waals surface area contributed by atoms with Gasteiger partial charge in [-0.3, -0.25) is 9.69 Å². The van der Waals surface area contributed by atoms with Crippen molar-refractivity contribution in [3.63, 3.8) is 0 Å². The van der Waals surface area contributed by atoms with Crippen LogP contribution < -0.4 is 15.5 Å². The van der Waals surface area contributed by atoms with Gasteiger partial charge in [0.15, 0.2) is 0 Å². The molecule has 8 heteroatoms. The molecule has 0 unspecified atom stereocenters. The maximum atomic E-state index is 13.4. The lowest BCUT2D eigenvalue weighted by atomic mass is 9.89. The van der Waals surface area contributed by atoms with Gasteiger partial charge < -0.3 is 20.1 Å². The van der Waals surface area contributed by atoms with Crippen molar-refractivity contribution in [2.75, 3.05) is 48.8 Å². The number of halogens is 1. The Labute approximate surface area is 292 Å². The van der Waals surface area contributed by atoms with Gasteiger partial charge in [0.2, 0.25) is 0 Å². The van der Waals surface area contributed by atoms with Crippen LogP contribution in [0.3, 0.4) is 0 Å². The fourth-order valence-electron chi connectivity index (χ4n) is 7.52. The average Bonchev–Trinajstić information content (AvgIpc) is 3.44. The number of amides is 1. The zero-order valence-electron chi connectivity index (χ0n) is 28.0. The van der Waals surface area contributed by atoms with Crippen LogP contribution in [0.25, 0.3) is 11.0 Å². The van der Waals surface area contributed by atoms with E-state index in [-0.39, 0.29) is 5.91 Å². The van der Waals surface area contributed by atoms with Gasteiger partial charge in [-0.05, 0) is 145 Å². The predicted octanol–water partition coefficient (Wildman–Crippen LogP) is 8.03. The minimum atomic E-state index is 0.0234. The van der Waals surface area contributed by atoms with E-state index in [1.807, 2.05) is 43.6 Å². The number of anilines is 3. The second kappa shape index (κ2) is 14.1. The lowest BCUT2D eigenvalue weighted by Gasteiger charge is -2.33. The van der Waals surface area contributed by atoms with Gasteiger partial charge in [-0.25, -0.2) is 4.98 Å². The zero-order chi connectivity index (χ0) is 33.2. The van der Waals surface area contributed by atoms with Crippen molar-refractivity contribution < 1.29 is 4.79 Å². The van der Waals surface area contributed by atoms with E-state index in [4.69, 9.17) is 5.73 Å². The molecule has 7 rings (SSSR count). The molecule has 2 saturated heterocycles. The molecule has 2 aliphatic rings. The molecule has 1 amide bonds. The van der Waals surface area contributed by atoms with Crippen molar-refractivity contribution in [3.8, 4) is 0 Å². The Morgan fingerprint density at radius 2 is 1.58 bits per heavy atom. The monoisotopic (exact) mass is 704 g/mol. The van der Waals surface area contributed by atoms with Gasteiger partial charge in [-0.15, -0.1) is 0 Å². The number of aryl methyl sites for hydroxylation is 1. The number of aromatic nitrogens is 2. The van der Waals surface area contributed by atoms with Crippen LogP contribution in [0, 0.1) is 5.92 Å². The highest BCUT2D eigenvalue weighted by atomic mass is 79.9. The molecule has 2 N–H and O–H groups in total. The molecular formula is C40H45BrN6O. The normalized spacial score (nSPS) is 16.4. The van der Waals surface area contributed by atoms with Crippen LogP contribution >= 0.6 is 15.9 Å². The lowest BCUT2D eigenvalue weighted by Crippen LogP contribution is -2.34. The summed E-state index contributed by atoms with van der Waals surface area (Å²) in [6.45, 7) is 5.19. The van der Waals surface area contributed by atoms with E-state index < -0.39 is 0 Å². The molecule has 2 aliphatic heterocycles. The van der Waals surface area contributed by atoms with Gasteiger partial charge >= 0.3 is 0 Å². The Balaban J connectivity index is 0.889. The summed E-state index contributed by atoms with van der Waals surface area (Å²) < 4.78 is 3.30. The largest absolute Gasteiger partial charge is 0.399 e. The zero-order valence-corrected chi connectivity index (χ0v) is 29.6. The highest BCUT2D eigenvalue weighted by molar-refractivity contribution is 9.10. The molecule has 0 aliphatic carbocycles. The Morgan fingerprint density at radius 3 is 2.25 bits per heavy atom. The summed E-state index contributed by atoms with van der Waals surface area (Å²) in [7, 11) is 3.98. The van der Waals surface area contributed by atoms with Crippen LogP contribution in [0.5, 0.6) is 0 Å². The first kappa shape index (κ1) is 32.4. The molecule has 48 heavy (non-hydrogen) atoms. The Bertz CT molecular complexity index is 1850. The van der Waals surface area contributed by atoms with Gasteiger partial charge in [0, 0.05) is 78.1 Å². The highest BCUT2D eigenvalue weighted by Gasteiger charge is 2.23. The number of benzene rings is 3. The maximum absolute atomic E-state index is 13.4. The van der Waals surface area contributed by atoms with Crippen molar-refractivity contribution in [1.82, 2.24) is 14.5 Å². The first-order valence-corrected chi connectivity index (χ1v) is 18.0. The Hall–Kier alpha value is -4.14. The number of carbonyl (C=O) groups excluding carboxylic acids is 1. The molecule has 4 heterocycles. The number of nitrogens with zero attached hydrogens (tertiary/aromatic N) is 5. The summed E-state index contributed by atoms with van der Waals surface area (Å²) in [5.41, 5.74) is 14.6. The van der Waals surface area contributed by atoms with Gasteiger partial charge in [0.05, 0.1) is 0 Å². The number of carbonyl (C=O) groups is 1. The van der Waals surface area contributed by atoms with Crippen LogP contribution in [0.4, 0.5) is 17.1 Å². The predicted molar refractivity (Wildman–Crippen MR) is 201 cm³/mol. The fourth-order valence-corrected chi connectivity index (χ4v) is 7.93. The summed E-state index contributed by atoms with van der Waals surface area (Å²) in [6.07, 6.45) is 7.53. The van der Waals surface area contributed by atoms with Crippen LogP contribution in [0.2, 0.25) is 0 Å². The summed E-state index contributed by atoms with van der Waals surface area (Å²) in [6, 6.07) is 29.4. The number of pyridine rings is 1. The standard InChI is InChI=1S/C40H45BrN6O/c1-44-36(26-37-38(41)15-20-43-39(37)44)27-46-21-18-31(19-22-46)30-5-7-32(8-6-30)40(48)45(2)34-11-3-28(4-12-34)25-29-16-23-47(24-17-29)35-13-9-33(42)10-14-35/h3-15,20,26,29,31H,16-19,21-25,27,42H2,1-2H3. The maximum Gasteiger partial charge on any atom is 0.258 e. The van der Waals surface area contributed by atoms with E-state index in [1.54, 1.807) is 4.90 Å². The first-order chi connectivity index (χ1) is 23.3. The second-order valence-corrected chi connectivity index (χ2v) is 14.5. The fraction of sp³-hybridized carbons (Fsp3) is 0.350. The number of nitrogen functional groups attached to an aromatic ring is 1. The van der Waals surface area contributed by atoms with Crippen molar-refractivity contribution in [1.29, 1.82) is 0 Å². The van der Waals surface area contributed by atoms with E-state index in [1.165, 1.54) is 40.7 Å². The van der Waals surface area contributed by atoms with Crippen molar-refractivity contribution in [2.24, 2.45) is 13.0 Å². The van der Waals surface area contributed by atoms with Crippen molar-refractivity contribution in [3.05, 3.63) is 118 Å². The lowest BCUT2D eigenvalue weighted by molar-refractivity contribution is 0.0993. The van der Waals surface area contributed by atoms with Crippen LogP contribution in [0.15, 0.2) is 95.6 Å². The summed E-state index contributed by atoms with van der Waals surface area (Å²) >= 11 is 3.67. The van der Waals surface area contributed by atoms with Gasteiger partial charge in [0.1, 0.15) is 5.65 Å². The molecule has 0 radical (unpaired) electrons. The van der Waals surface area contributed by atoms with E-state index >= 15 is 0 Å². The average molecular weight is 706 g/mol. The van der Waals surface area contributed by atoms with Crippen LogP contribution in [0.1, 0.15) is 58.8 Å². The van der Waals surface area contributed by atoms with Crippen LogP contribution in [-0.4, -0.2) is 53.6 Å². The molecule has 2 fully saturated rings. The van der Waals surface area contributed by atoms with Crippen molar-refractivity contribution >= 4 is 49.9 Å². The van der Waals surface area contributed by atoms with E-state index in [0.29, 0.717) is 11.8 Å². The molecule has 248 valence electrons. The Kier molecular flexibility index (Phi) is 9.55. The first-order valence-electron chi connectivity index (χ1n) is 17.2. The number of fused-ring (bicyclic) bond motifs is 1. The number of piperidine rings is 2. The summed E-state index contributed by atoms with van der Waals surface area (Å²) in [4.78, 5) is 24.8. The number of hydrogen-bond donors (Lipinski definition) is 1. The molecule has 0 saturated carbocycles. The van der Waals surface area contributed by atoms with E-state index in [2.05, 4.69) is 96.9 Å². The molecule has 7 nitrogen and oxygen atoms in total. The van der Waals surface area contributed by atoms with E-state index in [0.717, 1.165) is 79.0 Å². The molecule has 3 aromatic carbocycles. The summed E-state index contributed by atoms with van der Waals surface area (Å²) in [5.74, 6) is 1.22. The van der Waals surface area contributed by atoms with Crippen LogP contribution in [-0.2, 0) is 20.0 Å². The van der Waals surface area contributed by atoms with Gasteiger partial charge in [0.25, 0.3) is 5.91 Å². The smallest absolute Gasteiger partial charge is 0.258 e. The third-order valence-corrected chi connectivity index (χ3v) is 11.3. The highest BCUT2D eigenvalue weighted by Crippen LogP contribution is 2.31. The molecule has 5 aromatic rings. The molecular weight excluding hydrogens is 660 g/mol. The molecule has 0 atom stereocenters. The molecule has 0 spiro atoms.